The van der Waals surface area contributed by atoms with Gasteiger partial charge in [0.25, 0.3) is 5.91 Å². The number of benzene rings is 1. The average molecular weight is 246 g/mol. The van der Waals surface area contributed by atoms with Crippen LogP contribution >= 0.6 is 0 Å². The van der Waals surface area contributed by atoms with Crippen molar-refractivity contribution < 1.29 is 19.2 Å². The van der Waals surface area contributed by atoms with Crippen LogP contribution in [0.5, 0.6) is 0 Å². The summed E-state index contributed by atoms with van der Waals surface area (Å²) >= 11 is 0. The lowest BCUT2D eigenvalue weighted by Crippen LogP contribution is -2.14. The zero-order valence-corrected chi connectivity index (χ0v) is 9.51. The SMILES string of the molecule is Cc1oncc1C(=O)Nc1ccccc1C(=O)O. The quantitative estimate of drug-likeness (QED) is 0.863. The number of para-hydroxylation sites is 1. The first-order valence-corrected chi connectivity index (χ1v) is 5.14. The Morgan fingerprint density at radius 2 is 2.00 bits per heavy atom. The molecule has 1 aromatic carbocycles. The van der Waals surface area contributed by atoms with Crippen LogP contribution in [0.4, 0.5) is 5.69 Å². The van der Waals surface area contributed by atoms with Crippen LogP contribution in [-0.4, -0.2) is 22.1 Å². The van der Waals surface area contributed by atoms with Gasteiger partial charge in [-0.1, -0.05) is 17.3 Å². The van der Waals surface area contributed by atoms with Gasteiger partial charge in [-0.2, -0.15) is 0 Å². The molecule has 1 heterocycles. The Kier molecular flexibility index (Phi) is 3.09. The van der Waals surface area contributed by atoms with Crippen LogP contribution in [0.15, 0.2) is 35.0 Å². The fraction of sp³-hybridized carbons (Fsp3) is 0.0833. The molecular weight excluding hydrogens is 236 g/mol. The molecule has 0 aliphatic heterocycles. The molecule has 1 amide bonds. The van der Waals surface area contributed by atoms with Gasteiger partial charge in [0.1, 0.15) is 11.3 Å². The zero-order valence-electron chi connectivity index (χ0n) is 9.51. The predicted molar refractivity (Wildman–Crippen MR) is 62.6 cm³/mol. The number of aromatic nitrogens is 1. The fourth-order valence-electron chi connectivity index (χ4n) is 1.48. The van der Waals surface area contributed by atoms with Crippen LogP contribution in [0.1, 0.15) is 26.5 Å². The van der Waals surface area contributed by atoms with Gasteiger partial charge in [0.05, 0.1) is 17.4 Å². The summed E-state index contributed by atoms with van der Waals surface area (Å²) in [6, 6.07) is 6.16. The number of hydrogen-bond donors (Lipinski definition) is 2. The second-order valence-electron chi connectivity index (χ2n) is 3.60. The predicted octanol–water partition coefficient (Wildman–Crippen LogP) is 1.93. The maximum atomic E-state index is 11.9. The number of rotatable bonds is 3. The Balaban J connectivity index is 2.28. The Morgan fingerprint density at radius 3 is 2.61 bits per heavy atom. The summed E-state index contributed by atoms with van der Waals surface area (Å²) in [6.07, 6.45) is 1.29. The molecule has 2 N–H and O–H groups in total. The molecule has 0 saturated carbocycles. The Labute approximate surface area is 102 Å². The van der Waals surface area contributed by atoms with Crippen LogP contribution in [0.3, 0.4) is 0 Å². The molecule has 0 bridgehead atoms. The molecule has 0 unspecified atom stereocenters. The minimum Gasteiger partial charge on any atom is -0.478 e. The van der Waals surface area contributed by atoms with Gasteiger partial charge in [-0.25, -0.2) is 4.79 Å². The van der Waals surface area contributed by atoms with E-state index < -0.39 is 11.9 Å². The van der Waals surface area contributed by atoms with E-state index >= 15 is 0 Å². The highest BCUT2D eigenvalue weighted by atomic mass is 16.5. The van der Waals surface area contributed by atoms with Crippen molar-refractivity contribution in [3.05, 3.63) is 47.3 Å². The minimum atomic E-state index is -1.10. The van der Waals surface area contributed by atoms with Crippen molar-refractivity contribution in [3.63, 3.8) is 0 Å². The van der Waals surface area contributed by atoms with E-state index in [1.807, 2.05) is 0 Å². The van der Waals surface area contributed by atoms with Crippen molar-refractivity contribution in [1.29, 1.82) is 0 Å². The number of carbonyl (C=O) groups excluding carboxylic acids is 1. The molecule has 0 fully saturated rings. The van der Waals surface area contributed by atoms with E-state index in [9.17, 15) is 9.59 Å². The van der Waals surface area contributed by atoms with Crippen molar-refractivity contribution in [2.24, 2.45) is 0 Å². The normalized spacial score (nSPS) is 10.1. The highest BCUT2D eigenvalue weighted by Gasteiger charge is 2.16. The third-order valence-corrected chi connectivity index (χ3v) is 2.40. The van der Waals surface area contributed by atoms with E-state index in [1.165, 1.54) is 18.3 Å². The van der Waals surface area contributed by atoms with Crippen LogP contribution in [0.25, 0.3) is 0 Å². The number of hydrogen-bond acceptors (Lipinski definition) is 4. The largest absolute Gasteiger partial charge is 0.478 e. The summed E-state index contributed by atoms with van der Waals surface area (Å²) in [5.74, 6) is -1.18. The van der Waals surface area contributed by atoms with Gasteiger partial charge in [-0.15, -0.1) is 0 Å². The third kappa shape index (κ3) is 2.22. The van der Waals surface area contributed by atoms with Gasteiger partial charge < -0.3 is 14.9 Å². The summed E-state index contributed by atoms with van der Waals surface area (Å²) in [4.78, 5) is 22.8. The molecule has 2 aromatic rings. The number of anilines is 1. The lowest BCUT2D eigenvalue weighted by molar-refractivity contribution is 0.0698. The monoisotopic (exact) mass is 246 g/mol. The summed E-state index contributed by atoms with van der Waals surface area (Å²) < 4.78 is 4.77. The molecule has 0 radical (unpaired) electrons. The Morgan fingerprint density at radius 1 is 1.28 bits per heavy atom. The molecule has 92 valence electrons. The number of nitrogens with one attached hydrogen (secondary N) is 1. The molecule has 0 spiro atoms. The average Bonchev–Trinajstić information content (AvgIpc) is 2.76. The van der Waals surface area contributed by atoms with Gasteiger partial charge in [0.15, 0.2) is 0 Å². The molecule has 6 heteroatoms. The number of carboxylic acids is 1. The highest BCUT2D eigenvalue weighted by molar-refractivity contribution is 6.07. The van der Waals surface area contributed by atoms with Gasteiger partial charge in [0, 0.05) is 0 Å². The number of carbonyl (C=O) groups is 2. The van der Waals surface area contributed by atoms with E-state index in [0.717, 1.165) is 0 Å². The number of amides is 1. The Bertz CT molecular complexity index is 604. The molecule has 0 atom stereocenters. The topological polar surface area (TPSA) is 92.4 Å². The lowest BCUT2D eigenvalue weighted by atomic mass is 10.1. The molecule has 6 nitrogen and oxygen atoms in total. The van der Waals surface area contributed by atoms with Crippen molar-refractivity contribution in [2.45, 2.75) is 6.92 Å². The first-order valence-electron chi connectivity index (χ1n) is 5.14. The summed E-state index contributed by atoms with van der Waals surface area (Å²) in [7, 11) is 0. The molecule has 0 saturated heterocycles. The number of nitrogens with zero attached hydrogens (tertiary/aromatic N) is 1. The van der Waals surface area contributed by atoms with Crippen molar-refractivity contribution in [3.8, 4) is 0 Å². The second kappa shape index (κ2) is 4.70. The van der Waals surface area contributed by atoms with Gasteiger partial charge >= 0.3 is 5.97 Å². The summed E-state index contributed by atoms with van der Waals surface area (Å²) in [6.45, 7) is 1.60. The first-order chi connectivity index (χ1) is 8.59. The number of aromatic carboxylic acids is 1. The van der Waals surface area contributed by atoms with E-state index in [4.69, 9.17) is 9.63 Å². The zero-order chi connectivity index (χ0) is 13.1. The standard InChI is InChI=1S/C12H10N2O4/c1-7-9(6-13-18-7)11(15)14-10-5-3-2-4-8(10)12(16)17/h2-6H,1H3,(H,14,15)(H,16,17). The smallest absolute Gasteiger partial charge is 0.337 e. The van der Waals surface area contributed by atoms with Crippen LogP contribution in [-0.2, 0) is 0 Å². The van der Waals surface area contributed by atoms with Gasteiger partial charge in [0.2, 0.25) is 0 Å². The van der Waals surface area contributed by atoms with E-state index in [0.29, 0.717) is 5.76 Å². The van der Waals surface area contributed by atoms with Crippen molar-refractivity contribution in [2.75, 3.05) is 5.32 Å². The van der Waals surface area contributed by atoms with Crippen LogP contribution in [0, 0.1) is 6.92 Å². The number of aryl methyl sites for hydroxylation is 1. The molecule has 0 aliphatic carbocycles. The molecule has 1 aromatic heterocycles. The maximum absolute atomic E-state index is 11.9. The third-order valence-electron chi connectivity index (χ3n) is 2.40. The molecule has 18 heavy (non-hydrogen) atoms. The minimum absolute atomic E-state index is 0.0277. The second-order valence-corrected chi connectivity index (χ2v) is 3.60. The highest BCUT2D eigenvalue weighted by Crippen LogP contribution is 2.17. The number of carboxylic acid groups (broad SMARTS) is 1. The maximum Gasteiger partial charge on any atom is 0.337 e. The summed E-state index contributed by atoms with van der Waals surface area (Å²) in [5, 5.41) is 15.0. The van der Waals surface area contributed by atoms with E-state index in [2.05, 4.69) is 10.5 Å². The molecule has 2 rings (SSSR count). The van der Waals surface area contributed by atoms with E-state index in [-0.39, 0.29) is 16.8 Å². The molecule has 0 aliphatic rings. The van der Waals surface area contributed by atoms with Gasteiger partial charge in [-0.05, 0) is 19.1 Å². The van der Waals surface area contributed by atoms with Crippen molar-refractivity contribution in [1.82, 2.24) is 5.16 Å². The van der Waals surface area contributed by atoms with E-state index in [1.54, 1.807) is 19.1 Å². The van der Waals surface area contributed by atoms with Crippen LogP contribution < -0.4 is 5.32 Å². The van der Waals surface area contributed by atoms with Gasteiger partial charge in [-0.3, -0.25) is 4.79 Å². The van der Waals surface area contributed by atoms with Crippen molar-refractivity contribution >= 4 is 17.6 Å². The van der Waals surface area contributed by atoms with Crippen LogP contribution in [0.2, 0.25) is 0 Å². The summed E-state index contributed by atoms with van der Waals surface area (Å²) in [5.41, 5.74) is 0.533. The first kappa shape index (κ1) is 11.8. The molecular formula is C12H10N2O4. The lowest BCUT2D eigenvalue weighted by Gasteiger charge is -2.06. The fourth-order valence-corrected chi connectivity index (χ4v) is 1.48. The Hall–Kier alpha value is -2.63.